The molecule has 1 heterocycles. The Hall–Kier alpha value is -0.0800. The van der Waals surface area contributed by atoms with E-state index in [1.165, 1.54) is 70.6 Å². The van der Waals surface area contributed by atoms with Crippen molar-refractivity contribution in [3.8, 4) is 0 Å². The molecule has 0 amide bonds. The molecule has 0 aromatic heterocycles. The van der Waals surface area contributed by atoms with Crippen molar-refractivity contribution in [3.63, 3.8) is 0 Å². The first-order valence-electron chi connectivity index (χ1n) is 9.49. The number of hydrogen-bond acceptors (Lipinski definition) is 2. The number of ether oxygens (including phenoxy) is 1. The second-order valence-corrected chi connectivity index (χ2v) is 6.52. The summed E-state index contributed by atoms with van der Waals surface area (Å²) in [5, 5.41) is 0. The van der Waals surface area contributed by atoms with E-state index in [2.05, 4.69) is 25.2 Å². The predicted octanol–water partition coefficient (Wildman–Crippen LogP) is 5.22. The molecule has 1 aliphatic rings. The van der Waals surface area contributed by atoms with Crippen LogP contribution in [0.1, 0.15) is 84.5 Å². The minimum Gasteiger partial charge on any atom is -0.379 e. The highest BCUT2D eigenvalue weighted by molar-refractivity contribution is 4.83. The van der Waals surface area contributed by atoms with Gasteiger partial charge in [-0.05, 0) is 12.8 Å². The molecule has 0 aromatic rings. The van der Waals surface area contributed by atoms with Crippen molar-refractivity contribution in [1.29, 1.82) is 0 Å². The zero-order valence-corrected chi connectivity index (χ0v) is 14.6. The highest BCUT2D eigenvalue weighted by Gasteiger charge is 2.18. The molecule has 2 nitrogen and oxygen atoms in total. The number of nitrogens with zero attached hydrogens (tertiary/aromatic N) is 1. The summed E-state index contributed by atoms with van der Waals surface area (Å²) in [5.41, 5.74) is 0. The summed E-state index contributed by atoms with van der Waals surface area (Å²) in [6.45, 7) is 8.58. The van der Waals surface area contributed by atoms with E-state index in [1.807, 2.05) is 0 Å². The average Bonchev–Trinajstić information content (AvgIpc) is 2.54. The molecule has 0 N–H and O–H groups in total. The van der Waals surface area contributed by atoms with Gasteiger partial charge in [0.15, 0.2) is 0 Å². The fourth-order valence-electron chi connectivity index (χ4n) is 3.31. The van der Waals surface area contributed by atoms with Crippen LogP contribution in [0.3, 0.4) is 0 Å². The van der Waals surface area contributed by atoms with Gasteiger partial charge in [-0.1, -0.05) is 78.1 Å². The van der Waals surface area contributed by atoms with Gasteiger partial charge in [-0.2, -0.15) is 0 Å². The van der Waals surface area contributed by atoms with Crippen molar-refractivity contribution >= 4 is 0 Å². The van der Waals surface area contributed by atoms with Gasteiger partial charge in [-0.25, -0.2) is 0 Å². The summed E-state index contributed by atoms with van der Waals surface area (Å²) in [4.78, 5) is 2.59. The van der Waals surface area contributed by atoms with E-state index in [-0.39, 0.29) is 0 Å². The van der Waals surface area contributed by atoms with E-state index in [4.69, 9.17) is 4.74 Å². The Bertz CT molecular complexity index is 214. The molecule has 1 saturated heterocycles. The van der Waals surface area contributed by atoms with Crippen molar-refractivity contribution in [2.45, 2.75) is 90.5 Å². The molecule has 1 atom stereocenters. The minimum absolute atomic E-state index is 0.683. The fraction of sp³-hybridized carbons (Fsp3) is 0.947. The van der Waals surface area contributed by atoms with Crippen LogP contribution in [0.15, 0.2) is 0 Å². The van der Waals surface area contributed by atoms with Crippen molar-refractivity contribution in [3.05, 3.63) is 6.42 Å². The van der Waals surface area contributed by atoms with E-state index < -0.39 is 0 Å². The van der Waals surface area contributed by atoms with Crippen LogP contribution in [-0.4, -0.2) is 37.2 Å². The average molecular weight is 297 g/mol. The molecule has 1 unspecified atom stereocenters. The number of hydrogen-bond donors (Lipinski definition) is 0. The zero-order valence-electron chi connectivity index (χ0n) is 14.6. The van der Waals surface area contributed by atoms with E-state index in [0.29, 0.717) is 6.04 Å². The summed E-state index contributed by atoms with van der Waals surface area (Å²) < 4.78 is 5.44. The SMILES string of the molecule is C[CH]C(CCCCCCCCCCCC)N1CCOCC1. The van der Waals surface area contributed by atoms with Gasteiger partial charge >= 0.3 is 0 Å². The molecule has 0 spiro atoms. The molecular formula is C19H38NO. The standard InChI is InChI=1S/C19H38NO/c1-3-5-6-7-8-9-10-11-12-13-14-19(4-2)20-15-17-21-18-16-20/h4,19H,3,5-18H2,1-2H3. The van der Waals surface area contributed by atoms with Gasteiger partial charge < -0.3 is 4.74 Å². The van der Waals surface area contributed by atoms with Crippen molar-refractivity contribution < 1.29 is 4.74 Å². The second kappa shape index (κ2) is 13.6. The van der Waals surface area contributed by atoms with Gasteiger partial charge in [0.1, 0.15) is 0 Å². The molecule has 1 aliphatic heterocycles. The minimum atomic E-state index is 0.683. The summed E-state index contributed by atoms with van der Waals surface area (Å²) in [7, 11) is 0. The van der Waals surface area contributed by atoms with Gasteiger partial charge in [0.2, 0.25) is 0 Å². The maximum absolute atomic E-state index is 5.44. The van der Waals surface area contributed by atoms with Gasteiger partial charge in [-0.3, -0.25) is 4.90 Å². The van der Waals surface area contributed by atoms with Crippen LogP contribution < -0.4 is 0 Å². The van der Waals surface area contributed by atoms with Gasteiger partial charge in [0.25, 0.3) is 0 Å². The van der Waals surface area contributed by atoms with Crippen molar-refractivity contribution in [1.82, 2.24) is 4.90 Å². The lowest BCUT2D eigenvalue weighted by atomic mass is 10.0. The van der Waals surface area contributed by atoms with Crippen LogP contribution in [0.25, 0.3) is 0 Å². The monoisotopic (exact) mass is 296 g/mol. The molecule has 21 heavy (non-hydrogen) atoms. The Morgan fingerprint density at radius 3 is 1.90 bits per heavy atom. The van der Waals surface area contributed by atoms with E-state index in [1.54, 1.807) is 0 Å². The van der Waals surface area contributed by atoms with Crippen molar-refractivity contribution in [2.24, 2.45) is 0 Å². The predicted molar refractivity (Wildman–Crippen MR) is 92.6 cm³/mol. The molecule has 125 valence electrons. The van der Waals surface area contributed by atoms with Crippen LogP contribution in [0.4, 0.5) is 0 Å². The van der Waals surface area contributed by atoms with Crippen molar-refractivity contribution in [2.75, 3.05) is 26.3 Å². The Kier molecular flexibility index (Phi) is 12.3. The Labute approximate surface area is 133 Å². The van der Waals surface area contributed by atoms with Crippen LogP contribution in [-0.2, 0) is 4.74 Å². The summed E-state index contributed by atoms with van der Waals surface area (Å²) in [6, 6.07) is 0.683. The number of unbranched alkanes of at least 4 members (excludes halogenated alkanes) is 9. The lowest BCUT2D eigenvalue weighted by molar-refractivity contribution is 0.0209. The molecule has 1 rings (SSSR count). The Morgan fingerprint density at radius 2 is 1.38 bits per heavy atom. The van der Waals surface area contributed by atoms with Crippen LogP contribution in [0.2, 0.25) is 0 Å². The fourth-order valence-corrected chi connectivity index (χ4v) is 3.31. The first-order chi connectivity index (χ1) is 10.4. The summed E-state index contributed by atoms with van der Waals surface area (Å²) in [6.07, 6.45) is 18.0. The molecule has 0 aliphatic carbocycles. The summed E-state index contributed by atoms with van der Waals surface area (Å²) >= 11 is 0. The molecule has 1 fully saturated rings. The first kappa shape index (κ1) is 19.0. The van der Waals surface area contributed by atoms with Crippen LogP contribution >= 0.6 is 0 Å². The van der Waals surface area contributed by atoms with Crippen LogP contribution in [0.5, 0.6) is 0 Å². The van der Waals surface area contributed by atoms with E-state index in [0.717, 1.165) is 26.3 Å². The maximum Gasteiger partial charge on any atom is 0.0594 e. The molecule has 0 aromatic carbocycles. The lowest BCUT2D eigenvalue weighted by Crippen LogP contribution is -2.43. The molecular weight excluding hydrogens is 258 g/mol. The van der Waals surface area contributed by atoms with Gasteiger partial charge in [0.05, 0.1) is 13.2 Å². The molecule has 0 bridgehead atoms. The molecule has 1 radical (unpaired) electrons. The normalized spacial score (nSPS) is 18.0. The highest BCUT2D eigenvalue weighted by Crippen LogP contribution is 2.16. The maximum atomic E-state index is 5.44. The van der Waals surface area contributed by atoms with Gasteiger partial charge in [0, 0.05) is 19.1 Å². The Balaban J connectivity index is 1.90. The third-order valence-corrected chi connectivity index (χ3v) is 4.75. The largest absolute Gasteiger partial charge is 0.379 e. The number of morpholine rings is 1. The van der Waals surface area contributed by atoms with Gasteiger partial charge in [-0.15, -0.1) is 0 Å². The zero-order chi connectivity index (χ0) is 15.2. The smallest absolute Gasteiger partial charge is 0.0594 e. The third kappa shape index (κ3) is 9.52. The quantitative estimate of drug-likeness (QED) is 0.432. The lowest BCUT2D eigenvalue weighted by Gasteiger charge is -2.33. The highest BCUT2D eigenvalue weighted by atomic mass is 16.5. The second-order valence-electron chi connectivity index (χ2n) is 6.52. The van der Waals surface area contributed by atoms with E-state index in [9.17, 15) is 0 Å². The topological polar surface area (TPSA) is 12.5 Å². The first-order valence-corrected chi connectivity index (χ1v) is 9.49. The Morgan fingerprint density at radius 1 is 0.857 bits per heavy atom. The van der Waals surface area contributed by atoms with Crippen LogP contribution in [0, 0.1) is 6.42 Å². The molecule has 0 saturated carbocycles. The number of rotatable bonds is 13. The summed E-state index contributed by atoms with van der Waals surface area (Å²) in [5.74, 6) is 0. The molecule has 2 heteroatoms. The van der Waals surface area contributed by atoms with E-state index >= 15 is 0 Å². The third-order valence-electron chi connectivity index (χ3n) is 4.75.